The molecular weight excluding hydrogens is 544 g/mol. The number of nitrogens with one attached hydrogen (secondary N) is 1. The Morgan fingerprint density at radius 1 is 0.976 bits per heavy atom. The van der Waals surface area contributed by atoms with Crippen LogP contribution in [0.2, 0.25) is 0 Å². The Morgan fingerprint density at radius 3 is 2.24 bits per heavy atom. The zero-order valence-electron chi connectivity index (χ0n) is 22.9. The fourth-order valence-electron chi connectivity index (χ4n) is 4.97. The number of rotatable bonds is 12. The van der Waals surface area contributed by atoms with Gasteiger partial charge in [0.25, 0.3) is 15.7 Å². The van der Waals surface area contributed by atoms with Gasteiger partial charge in [0.05, 0.1) is 15.5 Å². The molecule has 0 radical (unpaired) electrons. The number of carbonyl (C=O) groups is 2. The Balaban J connectivity index is 1.67. The minimum absolute atomic E-state index is 0.0255. The summed E-state index contributed by atoms with van der Waals surface area (Å²) in [5.41, 5.74) is 0.622. The third-order valence-electron chi connectivity index (χ3n) is 7.29. The highest BCUT2D eigenvalue weighted by Crippen LogP contribution is 2.27. The number of nitro groups is 1. The van der Waals surface area contributed by atoms with Crippen LogP contribution in [0, 0.1) is 10.1 Å². The molecule has 4 rings (SSSR count). The zero-order valence-corrected chi connectivity index (χ0v) is 23.7. The molecule has 0 saturated heterocycles. The SMILES string of the molecule is CC(C(=O)NC1CCCC1)N(CCc1ccccc1)C(=O)CN(c1cccc([N+](=O)[O-])c1)S(=O)(=O)c1ccccc1. The number of amides is 2. The first-order chi connectivity index (χ1) is 19.7. The van der Waals surface area contributed by atoms with Crippen LogP contribution in [-0.4, -0.2) is 55.2 Å². The highest BCUT2D eigenvalue weighted by Gasteiger charge is 2.33. The number of hydrogen-bond donors (Lipinski definition) is 1. The van der Waals surface area contributed by atoms with E-state index in [2.05, 4.69) is 5.32 Å². The Kier molecular flexibility index (Phi) is 9.72. The number of benzene rings is 3. The second-order valence-electron chi connectivity index (χ2n) is 10.1. The van der Waals surface area contributed by atoms with Gasteiger partial charge in [0.15, 0.2) is 0 Å². The first kappa shape index (κ1) is 29.7. The molecule has 1 fully saturated rings. The predicted molar refractivity (Wildman–Crippen MR) is 156 cm³/mol. The molecule has 3 aromatic carbocycles. The summed E-state index contributed by atoms with van der Waals surface area (Å²) in [7, 11) is -4.29. The summed E-state index contributed by atoms with van der Waals surface area (Å²) in [6, 6.07) is 21.4. The van der Waals surface area contributed by atoms with E-state index in [1.165, 1.54) is 35.2 Å². The number of anilines is 1. The van der Waals surface area contributed by atoms with Crippen LogP contribution in [0.4, 0.5) is 11.4 Å². The van der Waals surface area contributed by atoms with Gasteiger partial charge in [0, 0.05) is 24.7 Å². The summed E-state index contributed by atoms with van der Waals surface area (Å²) in [6.07, 6.45) is 4.28. The summed E-state index contributed by atoms with van der Waals surface area (Å²) in [5.74, 6) is -0.896. The molecule has 216 valence electrons. The van der Waals surface area contributed by atoms with Crippen molar-refractivity contribution in [3.63, 3.8) is 0 Å². The van der Waals surface area contributed by atoms with E-state index in [0.29, 0.717) is 6.42 Å². The highest BCUT2D eigenvalue weighted by molar-refractivity contribution is 7.92. The molecule has 0 aromatic heterocycles. The fraction of sp³-hybridized carbons (Fsp3) is 0.333. The van der Waals surface area contributed by atoms with E-state index in [0.717, 1.165) is 41.6 Å². The summed E-state index contributed by atoms with van der Waals surface area (Å²) in [5, 5.41) is 14.5. The Hall–Kier alpha value is -4.25. The standard InChI is InChI=1S/C30H34N4O6S/c1-23(30(36)31-25-13-8-9-14-25)32(20-19-24-11-4-2-5-12-24)29(35)22-33(26-15-10-16-27(21-26)34(37)38)41(39,40)28-17-6-3-7-18-28/h2-7,10-12,15-18,21,23,25H,8-9,13-14,19-20,22H2,1H3,(H,31,36). The van der Waals surface area contributed by atoms with Gasteiger partial charge in [0.1, 0.15) is 12.6 Å². The second kappa shape index (κ2) is 13.4. The molecule has 1 aliphatic carbocycles. The third kappa shape index (κ3) is 7.49. The highest BCUT2D eigenvalue weighted by atomic mass is 32.2. The number of hydrogen-bond acceptors (Lipinski definition) is 6. The van der Waals surface area contributed by atoms with Crippen molar-refractivity contribution in [2.45, 2.75) is 56.0 Å². The van der Waals surface area contributed by atoms with Crippen molar-refractivity contribution < 1.29 is 22.9 Å². The largest absolute Gasteiger partial charge is 0.352 e. The van der Waals surface area contributed by atoms with Crippen LogP contribution in [0.15, 0.2) is 89.8 Å². The van der Waals surface area contributed by atoms with Crippen molar-refractivity contribution in [1.82, 2.24) is 10.2 Å². The second-order valence-corrected chi connectivity index (χ2v) is 12.0. The minimum Gasteiger partial charge on any atom is -0.352 e. The molecule has 2 amide bonds. The summed E-state index contributed by atoms with van der Waals surface area (Å²) in [4.78, 5) is 39.3. The quantitative estimate of drug-likeness (QED) is 0.252. The number of nitrogens with zero attached hydrogens (tertiary/aromatic N) is 3. The van der Waals surface area contributed by atoms with Crippen molar-refractivity contribution in [1.29, 1.82) is 0 Å². The zero-order chi connectivity index (χ0) is 29.4. The molecule has 1 unspecified atom stereocenters. The Bertz CT molecular complexity index is 1460. The maximum Gasteiger partial charge on any atom is 0.271 e. The summed E-state index contributed by atoms with van der Waals surface area (Å²) < 4.78 is 28.5. The lowest BCUT2D eigenvalue weighted by atomic mass is 10.1. The van der Waals surface area contributed by atoms with E-state index in [-0.39, 0.29) is 34.8 Å². The average Bonchev–Trinajstić information content (AvgIpc) is 3.50. The van der Waals surface area contributed by atoms with E-state index >= 15 is 0 Å². The van der Waals surface area contributed by atoms with Gasteiger partial charge >= 0.3 is 0 Å². The normalized spacial score (nSPS) is 14.3. The van der Waals surface area contributed by atoms with Crippen molar-refractivity contribution >= 4 is 33.2 Å². The van der Waals surface area contributed by atoms with E-state index in [9.17, 15) is 28.1 Å². The van der Waals surface area contributed by atoms with Gasteiger partial charge in [-0.3, -0.25) is 24.0 Å². The molecule has 1 aliphatic rings. The predicted octanol–water partition coefficient (Wildman–Crippen LogP) is 4.31. The lowest BCUT2D eigenvalue weighted by Crippen LogP contribution is -2.53. The molecule has 11 heteroatoms. The minimum atomic E-state index is -4.29. The van der Waals surface area contributed by atoms with Gasteiger partial charge in [-0.25, -0.2) is 8.42 Å². The smallest absolute Gasteiger partial charge is 0.271 e. The number of sulfonamides is 1. The van der Waals surface area contributed by atoms with Gasteiger partial charge in [-0.15, -0.1) is 0 Å². The molecule has 0 bridgehead atoms. The number of non-ortho nitro benzene ring substituents is 1. The lowest BCUT2D eigenvalue weighted by Gasteiger charge is -2.32. The van der Waals surface area contributed by atoms with Gasteiger partial charge < -0.3 is 10.2 Å². The molecule has 41 heavy (non-hydrogen) atoms. The topological polar surface area (TPSA) is 130 Å². The first-order valence-corrected chi connectivity index (χ1v) is 15.1. The van der Waals surface area contributed by atoms with Gasteiger partial charge in [-0.05, 0) is 49.9 Å². The van der Waals surface area contributed by atoms with E-state index in [1.54, 1.807) is 25.1 Å². The maximum absolute atomic E-state index is 13.9. The van der Waals surface area contributed by atoms with Crippen molar-refractivity contribution in [2.24, 2.45) is 0 Å². The third-order valence-corrected chi connectivity index (χ3v) is 9.08. The van der Waals surface area contributed by atoms with Crippen LogP contribution in [0.5, 0.6) is 0 Å². The molecule has 0 spiro atoms. The molecule has 0 heterocycles. The summed E-state index contributed by atoms with van der Waals surface area (Å²) >= 11 is 0. The number of nitro benzene ring substituents is 1. The van der Waals surface area contributed by atoms with E-state index in [4.69, 9.17) is 0 Å². The average molecular weight is 579 g/mol. The Labute approximate surface area is 240 Å². The molecule has 3 aromatic rings. The van der Waals surface area contributed by atoms with Gasteiger partial charge in [-0.1, -0.05) is 67.4 Å². The van der Waals surface area contributed by atoms with Crippen LogP contribution >= 0.6 is 0 Å². The molecular formula is C30H34N4O6S. The van der Waals surface area contributed by atoms with Crippen LogP contribution in [0.3, 0.4) is 0 Å². The van der Waals surface area contributed by atoms with Crippen molar-refractivity contribution in [3.05, 3.63) is 101 Å². The van der Waals surface area contributed by atoms with Crippen molar-refractivity contribution in [2.75, 3.05) is 17.4 Å². The van der Waals surface area contributed by atoms with Crippen LogP contribution < -0.4 is 9.62 Å². The van der Waals surface area contributed by atoms with Gasteiger partial charge in [0.2, 0.25) is 11.8 Å². The van der Waals surface area contributed by atoms with Gasteiger partial charge in [-0.2, -0.15) is 0 Å². The molecule has 1 N–H and O–H groups in total. The van der Waals surface area contributed by atoms with Crippen LogP contribution in [-0.2, 0) is 26.0 Å². The van der Waals surface area contributed by atoms with E-state index in [1.807, 2.05) is 30.3 Å². The Morgan fingerprint density at radius 2 is 1.61 bits per heavy atom. The molecule has 0 aliphatic heterocycles. The molecule has 1 atom stereocenters. The van der Waals surface area contributed by atoms with Crippen LogP contribution in [0.25, 0.3) is 0 Å². The maximum atomic E-state index is 13.9. The fourth-order valence-corrected chi connectivity index (χ4v) is 6.40. The lowest BCUT2D eigenvalue weighted by molar-refractivity contribution is -0.384. The monoisotopic (exact) mass is 578 g/mol. The first-order valence-electron chi connectivity index (χ1n) is 13.6. The molecule has 10 nitrogen and oxygen atoms in total. The van der Waals surface area contributed by atoms with Crippen molar-refractivity contribution in [3.8, 4) is 0 Å². The van der Waals surface area contributed by atoms with E-state index < -0.39 is 33.4 Å². The number of carbonyl (C=O) groups excluding carboxylic acids is 2. The molecule has 1 saturated carbocycles. The van der Waals surface area contributed by atoms with Crippen LogP contribution in [0.1, 0.15) is 38.2 Å². The summed E-state index contributed by atoms with van der Waals surface area (Å²) in [6.45, 7) is 1.17.